The summed E-state index contributed by atoms with van der Waals surface area (Å²) in [5.74, 6) is 1.20. The number of hydrogen-bond acceptors (Lipinski definition) is 4. The highest BCUT2D eigenvalue weighted by molar-refractivity contribution is 7.99. The molecule has 3 nitrogen and oxygen atoms in total. The van der Waals surface area contributed by atoms with Crippen LogP contribution in [0.3, 0.4) is 0 Å². The highest BCUT2D eigenvalue weighted by Crippen LogP contribution is 2.25. The molecule has 1 heterocycles. The minimum Gasteiger partial charge on any atom is -0.368 e. The van der Waals surface area contributed by atoms with Crippen molar-refractivity contribution in [2.24, 2.45) is 0 Å². The molecule has 72 valence electrons. The van der Waals surface area contributed by atoms with Crippen LogP contribution in [0.4, 0.5) is 0 Å². The van der Waals surface area contributed by atoms with Gasteiger partial charge < -0.3 is 10.2 Å². The van der Waals surface area contributed by atoms with Crippen LogP contribution < -0.4 is 0 Å². The van der Waals surface area contributed by atoms with E-state index in [1.54, 1.807) is 0 Å². The van der Waals surface area contributed by atoms with Gasteiger partial charge in [0.1, 0.15) is 0 Å². The predicted molar refractivity (Wildman–Crippen MR) is 51.0 cm³/mol. The molecule has 0 aromatic carbocycles. The van der Waals surface area contributed by atoms with Crippen LogP contribution in [-0.4, -0.2) is 46.1 Å². The summed E-state index contributed by atoms with van der Waals surface area (Å²) < 4.78 is 0. The first-order valence-corrected chi connectivity index (χ1v) is 5.43. The number of nitrogens with zero attached hydrogens (tertiary/aromatic N) is 1. The maximum absolute atomic E-state index is 8.70. The van der Waals surface area contributed by atoms with Crippen LogP contribution in [0.25, 0.3) is 0 Å². The third-order valence-corrected chi connectivity index (χ3v) is 3.63. The molecule has 2 N–H and O–H groups in total. The SMILES string of the molecule is CN1CCCSC1CCC(O)O. The van der Waals surface area contributed by atoms with E-state index in [9.17, 15) is 0 Å². The fraction of sp³-hybridized carbons (Fsp3) is 1.00. The molecule has 1 fully saturated rings. The molecule has 0 aliphatic carbocycles. The molecular weight excluding hydrogens is 174 g/mol. The van der Waals surface area contributed by atoms with Crippen molar-refractivity contribution in [1.82, 2.24) is 4.90 Å². The summed E-state index contributed by atoms with van der Waals surface area (Å²) in [6, 6.07) is 0. The van der Waals surface area contributed by atoms with E-state index in [2.05, 4.69) is 11.9 Å². The van der Waals surface area contributed by atoms with Crippen LogP contribution in [0.15, 0.2) is 0 Å². The molecule has 0 bridgehead atoms. The van der Waals surface area contributed by atoms with Crippen molar-refractivity contribution in [2.75, 3.05) is 19.3 Å². The van der Waals surface area contributed by atoms with Gasteiger partial charge in [0.15, 0.2) is 6.29 Å². The summed E-state index contributed by atoms with van der Waals surface area (Å²) in [4.78, 5) is 2.29. The average Bonchev–Trinajstić information content (AvgIpc) is 2.03. The van der Waals surface area contributed by atoms with E-state index >= 15 is 0 Å². The van der Waals surface area contributed by atoms with Gasteiger partial charge in [0.05, 0.1) is 5.37 Å². The molecular formula is C8H17NO2S. The fourth-order valence-electron chi connectivity index (χ4n) is 1.40. The van der Waals surface area contributed by atoms with Crippen molar-refractivity contribution in [1.29, 1.82) is 0 Å². The smallest absolute Gasteiger partial charge is 0.151 e. The van der Waals surface area contributed by atoms with Gasteiger partial charge in [-0.2, -0.15) is 0 Å². The molecule has 1 saturated heterocycles. The first-order chi connectivity index (χ1) is 5.70. The van der Waals surface area contributed by atoms with Crippen LogP contribution in [-0.2, 0) is 0 Å². The number of aliphatic hydroxyl groups is 2. The molecule has 1 rings (SSSR count). The van der Waals surface area contributed by atoms with E-state index in [-0.39, 0.29) is 0 Å². The summed E-state index contributed by atoms with van der Waals surface area (Å²) in [7, 11) is 2.10. The van der Waals surface area contributed by atoms with Crippen LogP contribution >= 0.6 is 11.8 Å². The highest BCUT2D eigenvalue weighted by atomic mass is 32.2. The third-order valence-electron chi connectivity index (χ3n) is 2.13. The van der Waals surface area contributed by atoms with E-state index < -0.39 is 6.29 Å². The maximum Gasteiger partial charge on any atom is 0.151 e. The minimum absolute atomic E-state index is 0.487. The van der Waals surface area contributed by atoms with Crippen LogP contribution in [0.1, 0.15) is 19.3 Å². The van der Waals surface area contributed by atoms with Gasteiger partial charge in [0.25, 0.3) is 0 Å². The summed E-state index contributed by atoms with van der Waals surface area (Å²) in [5.41, 5.74) is 0. The molecule has 0 spiro atoms. The molecule has 12 heavy (non-hydrogen) atoms. The monoisotopic (exact) mass is 191 g/mol. The van der Waals surface area contributed by atoms with Crippen LogP contribution in [0.5, 0.6) is 0 Å². The van der Waals surface area contributed by atoms with E-state index in [1.165, 1.54) is 12.2 Å². The first kappa shape index (κ1) is 10.3. The summed E-state index contributed by atoms with van der Waals surface area (Å²) in [6.45, 7) is 1.14. The zero-order valence-corrected chi connectivity index (χ0v) is 8.26. The normalized spacial score (nSPS) is 26.5. The largest absolute Gasteiger partial charge is 0.368 e. The Morgan fingerprint density at radius 2 is 2.33 bits per heavy atom. The fourth-order valence-corrected chi connectivity index (χ4v) is 2.63. The summed E-state index contributed by atoms with van der Waals surface area (Å²) in [5, 5.41) is 17.9. The molecule has 1 atom stereocenters. The molecule has 4 heteroatoms. The number of rotatable bonds is 3. The van der Waals surface area contributed by atoms with Crippen LogP contribution in [0.2, 0.25) is 0 Å². The maximum atomic E-state index is 8.70. The first-order valence-electron chi connectivity index (χ1n) is 4.38. The second-order valence-corrected chi connectivity index (χ2v) is 4.50. The Balaban J connectivity index is 2.20. The Morgan fingerprint density at radius 1 is 1.58 bits per heavy atom. The lowest BCUT2D eigenvalue weighted by atomic mass is 10.2. The topological polar surface area (TPSA) is 43.7 Å². The molecule has 0 aromatic rings. The van der Waals surface area contributed by atoms with Crippen molar-refractivity contribution in [3.8, 4) is 0 Å². The Bertz CT molecular complexity index is 132. The summed E-state index contributed by atoms with van der Waals surface area (Å²) >= 11 is 1.92. The van der Waals surface area contributed by atoms with Gasteiger partial charge in [-0.3, -0.25) is 4.90 Å². The quantitative estimate of drug-likeness (QED) is 0.637. The summed E-state index contributed by atoms with van der Waals surface area (Å²) in [6.07, 6.45) is 1.47. The van der Waals surface area contributed by atoms with Gasteiger partial charge in [-0.05, 0) is 32.2 Å². The van der Waals surface area contributed by atoms with Crippen molar-refractivity contribution in [3.05, 3.63) is 0 Å². The highest BCUT2D eigenvalue weighted by Gasteiger charge is 2.19. The average molecular weight is 191 g/mol. The second-order valence-electron chi connectivity index (χ2n) is 3.22. The van der Waals surface area contributed by atoms with Gasteiger partial charge in [-0.1, -0.05) is 0 Å². The van der Waals surface area contributed by atoms with E-state index in [0.717, 1.165) is 13.0 Å². The standard InChI is InChI=1S/C8H17NO2S/c1-9-5-2-6-12-7(9)3-4-8(10)11/h7-8,10-11H,2-6H2,1H3. The molecule has 0 aromatic heterocycles. The van der Waals surface area contributed by atoms with Gasteiger partial charge >= 0.3 is 0 Å². The molecule has 0 saturated carbocycles. The lowest BCUT2D eigenvalue weighted by molar-refractivity contribution is -0.0480. The van der Waals surface area contributed by atoms with Gasteiger partial charge in [-0.15, -0.1) is 11.8 Å². The second kappa shape index (κ2) is 5.07. The lowest BCUT2D eigenvalue weighted by Gasteiger charge is -2.31. The molecule has 1 aliphatic heterocycles. The van der Waals surface area contributed by atoms with Crippen molar-refractivity contribution >= 4 is 11.8 Å². The Labute approximate surface area is 77.8 Å². The van der Waals surface area contributed by atoms with Gasteiger partial charge in [-0.25, -0.2) is 0 Å². The molecule has 1 aliphatic rings. The predicted octanol–water partition coefficient (Wildman–Crippen LogP) is 0.472. The Morgan fingerprint density at radius 3 is 2.92 bits per heavy atom. The molecule has 0 amide bonds. The van der Waals surface area contributed by atoms with Crippen molar-refractivity contribution in [2.45, 2.75) is 30.9 Å². The van der Waals surface area contributed by atoms with E-state index in [0.29, 0.717) is 11.8 Å². The van der Waals surface area contributed by atoms with E-state index in [1.807, 2.05) is 11.8 Å². The molecule has 1 unspecified atom stereocenters. The number of aliphatic hydroxyl groups excluding tert-OH is 1. The van der Waals surface area contributed by atoms with Gasteiger partial charge in [0.2, 0.25) is 0 Å². The van der Waals surface area contributed by atoms with E-state index in [4.69, 9.17) is 10.2 Å². The Kier molecular flexibility index (Phi) is 4.35. The third kappa shape index (κ3) is 3.31. The van der Waals surface area contributed by atoms with Gasteiger partial charge in [0, 0.05) is 6.42 Å². The Hall–Kier alpha value is 0.230. The van der Waals surface area contributed by atoms with Crippen molar-refractivity contribution < 1.29 is 10.2 Å². The number of thioether (sulfide) groups is 1. The zero-order chi connectivity index (χ0) is 8.97. The number of hydrogen-bond donors (Lipinski definition) is 2. The van der Waals surface area contributed by atoms with Crippen molar-refractivity contribution in [3.63, 3.8) is 0 Å². The zero-order valence-electron chi connectivity index (χ0n) is 7.44. The van der Waals surface area contributed by atoms with Crippen LogP contribution in [0, 0.1) is 0 Å². The minimum atomic E-state index is -1.14. The lowest BCUT2D eigenvalue weighted by Crippen LogP contribution is -2.34. The molecule has 0 radical (unpaired) electrons.